The van der Waals surface area contributed by atoms with Crippen molar-refractivity contribution in [3.8, 4) is 0 Å². The number of ether oxygens (including phenoxy) is 1. The Morgan fingerprint density at radius 2 is 1.38 bits per heavy atom. The molecular weight excluding hydrogens is 172 g/mol. The number of rotatable bonds is 10. The van der Waals surface area contributed by atoms with Gasteiger partial charge in [-0.05, 0) is 0 Å². The fourth-order valence-corrected chi connectivity index (χ4v) is 0.724. The second kappa shape index (κ2) is 11.8. The summed E-state index contributed by atoms with van der Waals surface area (Å²) in [7, 11) is 0. The van der Waals surface area contributed by atoms with Gasteiger partial charge in [-0.25, -0.2) is 0 Å². The summed E-state index contributed by atoms with van der Waals surface area (Å²) in [6, 6.07) is 0. The van der Waals surface area contributed by atoms with Gasteiger partial charge in [0.05, 0.1) is 26.4 Å². The zero-order valence-electron chi connectivity index (χ0n) is 7.70. The number of aliphatic hydroxyl groups is 2. The number of hydrogen-bond donors (Lipinski definition) is 4. The number of aliphatic hydroxyl groups excluding tert-OH is 2. The van der Waals surface area contributed by atoms with Crippen molar-refractivity contribution in [2.24, 2.45) is 0 Å². The molecule has 0 bridgehead atoms. The Morgan fingerprint density at radius 1 is 0.923 bits per heavy atom. The molecule has 0 saturated carbocycles. The third-order valence-electron chi connectivity index (χ3n) is 1.32. The molecule has 0 aliphatic carbocycles. The van der Waals surface area contributed by atoms with E-state index in [-0.39, 0.29) is 0 Å². The molecule has 0 aliphatic rings. The molecule has 0 fully saturated rings. The van der Waals surface area contributed by atoms with Crippen LogP contribution >= 0.6 is 0 Å². The van der Waals surface area contributed by atoms with E-state index in [1.807, 2.05) is 0 Å². The highest BCUT2D eigenvalue weighted by Gasteiger charge is 1.88. The topological polar surface area (TPSA) is 73.8 Å². The highest BCUT2D eigenvalue weighted by atomic mass is 16.5. The van der Waals surface area contributed by atoms with Crippen LogP contribution in [0.4, 0.5) is 0 Å². The van der Waals surface area contributed by atoms with Gasteiger partial charge in [0.1, 0.15) is 0 Å². The molecule has 4 N–H and O–H groups in total. The SMILES string of the molecule is O[CH]CNCCOCCNC[CH]O. The fourth-order valence-electron chi connectivity index (χ4n) is 0.724. The summed E-state index contributed by atoms with van der Waals surface area (Å²) in [5.74, 6) is 0. The molecule has 0 aromatic carbocycles. The van der Waals surface area contributed by atoms with Gasteiger partial charge >= 0.3 is 0 Å². The van der Waals surface area contributed by atoms with Gasteiger partial charge < -0.3 is 25.6 Å². The van der Waals surface area contributed by atoms with E-state index >= 15 is 0 Å². The van der Waals surface area contributed by atoms with Crippen LogP contribution < -0.4 is 10.6 Å². The van der Waals surface area contributed by atoms with E-state index in [0.717, 1.165) is 26.3 Å². The van der Waals surface area contributed by atoms with Gasteiger partial charge in [0.15, 0.2) is 0 Å². The third kappa shape index (κ3) is 11.8. The largest absolute Gasteiger partial charge is 0.389 e. The Balaban J connectivity index is 2.76. The average molecular weight is 190 g/mol. The first-order valence-corrected chi connectivity index (χ1v) is 4.32. The van der Waals surface area contributed by atoms with Crippen molar-refractivity contribution in [3.05, 3.63) is 13.2 Å². The maximum absolute atomic E-state index is 8.30. The number of hydrogen-bond acceptors (Lipinski definition) is 5. The molecule has 2 radical (unpaired) electrons. The molecule has 5 nitrogen and oxygen atoms in total. The van der Waals surface area contributed by atoms with Gasteiger partial charge in [-0.15, -0.1) is 0 Å². The quantitative estimate of drug-likeness (QED) is 0.341. The second-order valence-corrected chi connectivity index (χ2v) is 2.39. The minimum atomic E-state index is 0.487. The smallest absolute Gasteiger partial charge is 0.0935 e. The molecule has 78 valence electrons. The van der Waals surface area contributed by atoms with E-state index in [1.54, 1.807) is 0 Å². The third-order valence-corrected chi connectivity index (χ3v) is 1.32. The molecule has 0 aliphatic heterocycles. The average Bonchev–Trinajstić information content (AvgIpc) is 2.16. The standard InChI is InChI=1S/C8H18N2O3/c11-5-1-9-3-7-13-8-4-10-2-6-12/h5-6,9-12H,1-4,7-8H2. The lowest BCUT2D eigenvalue weighted by Gasteiger charge is -2.05. The summed E-state index contributed by atoms with van der Waals surface area (Å²) in [5, 5.41) is 22.5. The van der Waals surface area contributed by atoms with Gasteiger partial charge in [0.25, 0.3) is 0 Å². The van der Waals surface area contributed by atoms with Crippen molar-refractivity contribution in [1.82, 2.24) is 10.6 Å². The van der Waals surface area contributed by atoms with Gasteiger partial charge in [-0.1, -0.05) is 0 Å². The zero-order chi connectivity index (χ0) is 9.78. The predicted molar refractivity (Wildman–Crippen MR) is 49.0 cm³/mol. The van der Waals surface area contributed by atoms with Crippen molar-refractivity contribution in [1.29, 1.82) is 0 Å². The lowest BCUT2D eigenvalue weighted by atomic mass is 10.6. The van der Waals surface area contributed by atoms with E-state index in [2.05, 4.69) is 10.6 Å². The Kier molecular flexibility index (Phi) is 11.6. The van der Waals surface area contributed by atoms with Gasteiger partial charge in [-0.2, -0.15) is 0 Å². The van der Waals surface area contributed by atoms with Crippen LogP contribution in [0.15, 0.2) is 0 Å². The van der Waals surface area contributed by atoms with Crippen LogP contribution in [-0.4, -0.2) is 49.6 Å². The Morgan fingerprint density at radius 3 is 1.77 bits per heavy atom. The fraction of sp³-hybridized carbons (Fsp3) is 0.750. The first kappa shape index (κ1) is 12.8. The minimum Gasteiger partial charge on any atom is -0.389 e. The lowest BCUT2D eigenvalue weighted by molar-refractivity contribution is 0.137. The molecular formula is C8H18N2O3. The summed E-state index contributed by atoms with van der Waals surface area (Å²) in [6.07, 6.45) is 0. The molecule has 0 heterocycles. The minimum absolute atomic E-state index is 0.487. The molecule has 0 spiro atoms. The molecule has 0 unspecified atom stereocenters. The molecule has 5 heteroatoms. The maximum atomic E-state index is 8.30. The van der Waals surface area contributed by atoms with Crippen LogP contribution in [-0.2, 0) is 4.74 Å². The lowest BCUT2D eigenvalue weighted by Crippen LogP contribution is -2.25. The highest BCUT2D eigenvalue weighted by molar-refractivity contribution is 4.53. The normalized spacial score (nSPS) is 10.6. The Labute approximate surface area is 79.1 Å². The van der Waals surface area contributed by atoms with E-state index in [0.29, 0.717) is 26.3 Å². The van der Waals surface area contributed by atoms with Crippen LogP contribution in [0.5, 0.6) is 0 Å². The molecule has 13 heavy (non-hydrogen) atoms. The van der Waals surface area contributed by atoms with Crippen molar-refractivity contribution < 1.29 is 14.9 Å². The van der Waals surface area contributed by atoms with E-state index in [9.17, 15) is 0 Å². The van der Waals surface area contributed by atoms with E-state index < -0.39 is 0 Å². The zero-order valence-corrected chi connectivity index (χ0v) is 7.70. The summed E-state index contributed by atoms with van der Waals surface area (Å²) >= 11 is 0. The van der Waals surface area contributed by atoms with E-state index in [4.69, 9.17) is 14.9 Å². The summed E-state index contributed by atoms with van der Waals surface area (Å²) < 4.78 is 5.21. The van der Waals surface area contributed by atoms with Crippen molar-refractivity contribution in [2.75, 3.05) is 39.4 Å². The van der Waals surface area contributed by atoms with Gasteiger partial charge in [0.2, 0.25) is 0 Å². The summed E-state index contributed by atoms with van der Waals surface area (Å²) in [6.45, 7) is 5.81. The first-order valence-electron chi connectivity index (χ1n) is 4.32. The van der Waals surface area contributed by atoms with Crippen LogP contribution in [0.1, 0.15) is 0 Å². The Hall–Kier alpha value is -0.200. The molecule has 0 atom stereocenters. The van der Waals surface area contributed by atoms with Crippen molar-refractivity contribution in [2.45, 2.75) is 0 Å². The molecule has 0 saturated heterocycles. The molecule has 0 aromatic heterocycles. The monoisotopic (exact) mass is 190 g/mol. The molecule has 0 aromatic rings. The summed E-state index contributed by atoms with van der Waals surface area (Å²) in [5.41, 5.74) is 0. The second-order valence-electron chi connectivity index (χ2n) is 2.39. The first-order chi connectivity index (χ1) is 6.41. The summed E-state index contributed by atoms with van der Waals surface area (Å²) in [4.78, 5) is 0. The maximum Gasteiger partial charge on any atom is 0.0935 e. The van der Waals surface area contributed by atoms with Crippen LogP contribution in [0.3, 0.4) is 0 Å². The van der Waals surface area contributed by atoms with Gasteiger partial charge in [-0.3, -0.25) is 0 Å². The van der Waals surface area contributed by atoms with Gasteiger partial charge in [0, 0.05) is 26.2 Å². The highest BCUT2D eigenvalue weighted by Crippen LogP contribution is 1.73. The van der Waals surface area contributed by atoms with Crippen LogP contribution in [0.25, 0.3) is 0 Å². The van der Waals surface area contributed by atoms with Crippen molar-refractivity contribution in [3.63, 3.8) is 0 Å². The predicted octanol–water partition coefficient (Wildman–Crippen LogP) is -0.749. The number of nitrogens with one attached hydrogen (secondary N) is 2. The Bertz CT molecular complexity index is 83.5. The van der Waals surface area contributed by atoms with Crippen LogP contribution in [0.2, 0.25) is 0 Å². The molecule has 0 amide bonds. The van der Waals surface area contributed by atoms with Crippen LogP contribution in [0, 0.1) is 13.2 Å². The molecule has 0 rings (SSSR count). The van der Waals surface area contributed by atoms with Crippen molar-refractivity contribution >= 4 is 0 Å². The van der Waals surface area contributed by atoms with E-state index in [1.165, 1.54) is 0 Å².